The van der Waals surface area contributed by atoms with Gasteiger partial charge in [-0.25, -0.2) is 15.0 Å². The molecular formula is C12H14N4S2. The van der Waals surface area contributed by atoms with Crippen LogP contribution in [0.2, 0.25) is 0 Å². The Labute approximate surface area is 114 Å². The molecule has 2 aromatic heterocycles. The van der Waals surface area contributed by atoms with Crippen molar-refractivity contribution in [3.05, 3.63) is 23.5 Å². The largest absolute Gasteiger partial charge is 0.370 e. The van der Waals surface area contributed by atoms with Gasteiger partial charge in [-0.2, -0.15) is 0 Å². The summed E-state index contributed by atoms with van der Waals surface area (Å²) in [6.07, 6.45) is 4.26. The van der Waals surface area contributed by atoms with Crippen LogP contribution in [0, 0.1) is 0 Å². The Bertz CT molecular complexity index is 523. The first kappa shape index (κ1) is 11.9. The minimum atomic E-state index is 0.569. The van der Waals surface area contributed by atoms with Gasteiger partial charge in [-0.1, -0.05) is 0 Å². The lowest BCUT2D eigenvalue weighted by molar-refractivity contribution is 0.876. The Kier molecular flexibility index (Phi) is 3.47. The van der Waals surface area contributed by atoms with Gasteiger partial charge in [-0.05, 0) is 31.5 Å². The first-order chi connectivity index (χ1) is 8.85. The van der Waals surface area contributed by atoms with Gasteiger partial charge < -0.3 is 5.32 Å². The predicted octanol–water partition coefficient (Wildman–Crippen LogP) is 3.39. The monoisotopic (exact) mass is 278 g/mol. The van der Waals surface area contributed by atoms with Crippen molar-refractivity contribution < 1.29 is 0 Å². The number of hydrogen-bond acceptors (Lipinski definition) is 6. The molecule has 6 heteroatoms. The number of thiazole rings is 1. The highest BCUT2D eigenvalue weighted by Crippen LogP contribution is 2.39. The minimum absolute atomic E-state index is 0.569. The second kappa shape index (κ2) is 5.24. The third kappa shape index (κ3) is 2.81. The van der Waals surface area contributed by atoms with Crippen molar-refractivity contribution >= 4 is 28.9 Å². The molecule has 2 aromatic rings. The maximum Gasteiger partial charge on any atom is 0.156 e. The zero-order valence-electron chi connectivity index (χ0n) is 10.1. The van der Waals surface area contributed by atoms with Crippen molar-refractivity contribution in [1.82, 2.24) is 15.0 Å². The van der Waals surface area contributed by atoms with E-state index in [4.69, 9.17) is 0 Å². The summed E-state index contributed by atoms with van der Waals surface area (Å²) in [4.78, 5) is 13.5. The van der Waals surface area contributed by atoms with Crippen LogP contribution in [0.4, 0.5) is 5.82 Å². The van der Waals surface area contributed by atoms with Crippen molar-refractivity contribution in [2.75, 3.05) is 11.9 Å². The third-order valence-electron chi connectivity index (χ3n) is 2.62. The molecule has 0 spiro atoms. The number of nitrogens with one attached hydrogen (secondary N) is 1. The highest BCUT2D eigenvalue weighted by molar-refractivity contribution is 8.01. The van der Waals surface area contributed by atoms with Gasteiger partial charge in [0.25, 0.3) is 0 Å². The molecule has 1 fully saturated rings. The molecule has 94 valence electrons. The van der Waals surface area contributed by atoms with Gasteiger partial charge in [0, 0.05) is 30.1 Å². The Morgan fingerprint density at radius 3 is 3.00 bits per heavy atom. The molecule has 0 aromatic carbocycles. The smallest absolute Gasteiger partial charge is 0.156 e. The van der Waals surface area contributed by atoms with Crippen LogP contribution in [0.5, 0.6) is 0 Å². The fourth-order valence-electron chi connectivity index (χ4n) is 1.64. The first-order valence-corrected chi connectivity index (χ1v) is 7.75. The van der Waals surface area contributed by atoms with Gasteiger partial charge in [-0.3, -0.25) is 0 Å². The molecule has 0 aliphatic heterocycles. The average Bonchev–Trinajstić information content (AvgIpc) is 3.09. The summed E-state index contributed by atoms with van der Waals surface area (Å²) in [6.45, 7) is 2.95. The van der Waals surface area contributed by atoms with Gasteiger partial charge in [0.1, 0.15) is 16.7 Å². The summed E-state index contributed by atoms with van der Waals surface area (Å²) in [5.74, 6) is 2.47. The second-order valence-electron chi connectivity index (χ2n) is 4.15. The summed E-state index contributed by atoms with van der Waals surface area (Å²) in [6, 6.07) is 2.00. The summed E-state index contributed by atoms with van der Waals surface area (Å²) in [5.41, 5.74) is 0. The molecule has 0 atom stereocenters. The summed E-state index contributed by atoms with van der Waals surface area (Å²) >= 11 is 3.25. The standard InChI is InChI=1S/C12H14N4S2/c1-2-13-9-7-10(18-12-14-5-6-17-12)16-11(15-9)8-3-4-8/h5-8H,2-4H2,1H3,(H,13,15,16). The second-order valence-corrected chi connectivity index (χ2v) is 6.32. The lowest BCUT2D eigenvalue weighted by Gasteiger charge is -2.07. The van der Waals surface area contributed by atoms with Crippen LogP contribution in [0.15, 0.2) is 27.0 Å². The maximum atomic E-state index is 4.63. The molecule has 2 heterocycles. The molecule has 0 amide bonds. The van der Waals surface area contributed by atoms with E-state index in [0.29, 0.717) is 5.92 Å². The summed E-state index contributed by atoms with van der Waals surface area (Å²) in [7, 11) is 0. The molecule has 1 aliphatic carbocycles. The Morgan fingerprint density at radius 2 is 2.33 bits per heavy atom. The Hall–Kier alpha value is -1.14. The molecule has 4 nitrogen and oxygen atoms in total. The van der Waals surface area contributed by atoms with Crippen LogP contribution in [0.1, 0.15) is 31.5 Å². The Balaban J connectivity index is 1.87. The van der Waals surface area contributed by atoms with E-state index in [2.05, 4.69) is 27.2 Å². The van der Waals surface area contributed by atoms with E-state index in [1.165, 1.54) is 12.8 Å². The molecule has 0 radical (unpaired) electrons. The molecule has 1 aliphatic rings. The predicted molar refractivity (Wildman–Crippen MR) is 74.4 cm³/mol. The van der Waals surface area contributed by atoms with E-state index in [9.17, 15) is 0 Å². The quantitative estimate of drug-likeness (QED) is 0.850. The molecule has 1 saturated carbocycles. The maximum absolute atomic E-state index is 4.63. The minimum Gasteiger partial charge on any atom is -0.370 e. The zero-order chi connectivity index (χ0) is 12.4. The average molecular weight is 278 g/mol. The lowest BCUT2D eigenvalue weighted by Crippen LogP contribution is -2.03. The van der Waals surface area contributed by atoms with Crippen LogP contribution in [-0.4, -0.2) is 21.5 Å². The van der Waals surface area contributed by atoms with Gasteiger partial charge in [0.05, 0.1) is 0 Å². The van der Waals surface area contributed by atoms with Crippen LogP contribution in [0.3, 0.4) is 0 Å². The van der Waals surface area contributed by atoms with Crippen LogP contribution in [0.25, 0.3) is 0 Å². The van der Waals surface area contributed by atoms with Gasteiger partial charge >= 0.3 is 0 Å². The van der Waals surface area contributed by atoms with Gasteiger partial charge in [0.15, 0.2) is 4.34 Å². The van der Waals surface area contributed by atoms with Crippen molar-refractivity contribution in [1.29, 1.82) is 0 Å². The van der Waals surface area contributed by atoms with E-state index in [1.54, 1.807) is 23.1 Å². The summed E-state index contributed by atoms with van der Waals surface area (Å²) < 4.78 is 1.03. The normalized spacial score (nSPS) is 14.7. The fourth-order valence-corrected chi connectivity index (χ4v) is 3.22. The van der Waals surface area contributed by atoms with Gasteiger partial charge in [-0.15, -0.1) is 11.3 Å². The van der Waals surface area contributed by atoms with E-state index in [-0.39, 0.29) is 0 Å². The van der Waals surface area contributed by atoms with Gasteiger partial charge in [0.2, 0.25) is 0 Å². The van der Waals surface area contributed by atoms with Crippen molar-refractivity contribution in [2.24, 2.45) is 0 Å². The topological polar surface area (TPSA) is 50.7 Å². The number of rotatable bonds is 5. The number of nitrogens with zero attached hydrogens (tertiary/aromatic N) is 3. The van der Waals surface area contributed by atoms with Crippen LogP contribution in [-0.2, 0) is 0 Å². The van der Waals surface area contributed by atoms with Crippen LogP contribution < -0.4 is 5.32 Å². The van der Waals surface area contributed by atoms with E-state index >= 15 is 0 Å². The SMILES string of the molecule is CCNc1cc(Sc2nccs2)nc(C2CC2)n1. The molecule has 18 heavy (non-hydrogen) atoms. The van der Waals surface area contributed by atoms with Crippen molar-refractivity contribution in [3.63, 3.8) is 0 Å². The van der Waals surface area contributed by atoms with Crippen LogP contribution >= 0.6 is 23.1 Å². The zero-order valence-corrected chi connectivity index (χ0v) is 11.7. The fraction of sp³-hybridized carbons (Fsp3) is 0.417. The Morgan fingerprint density at radius 1 is 1.44 bits per heavy atom. The lowest BCUT2D eigenvalue weighted by atomic mass is 10.4. The molecule has 0 saturated heterocycles. The number of hydrogen-bond donors (Lipinski definition) is 1. The summed E-state index contributed by atoms with van der Waals surface area (Å²) in [5, 5.41) is 6.24. The third-order valence-corrected chi connectivity index (χ3v) is 4.42. The van der Waals surface area contributed by atoms with E-state index < -0.39 is 0 Å². The molecular weight excluding hydrogens is 264 g/mol. The molecule has 0 bridgehead atoms. The molecule has 0 unspecified atom stereocenters. The van der Waals surface area contributed by atoms with Crippen molar-refractivity contribution in [3.8, 4) is 0 Å². The number of anilines is 1. The molecule has 3 rings (SSSR count). The number of aromatic nitrogens is 3. The van der Waals surface area contributed by atoms with Crippen molar-refractivity contribution in [2.45, 2.75) is 35.0 Å². The van der Waals surface area contributed by atoms with E-state index in [0.717, 1.165) is 27.6 Å². The highest BCUT2D eigenvalue weighted by Gasteiger charge is 2.27. The highest BCUT2D eigenvalue weighted by atomic mass is 32.2. The molecule has 1 N–H and O–H groups in total. The first-order valence-electron chi connectivity index (χ1n) is 6.05. The van der Waals surface area contributed by atoms with E-state index in [1.807, 2.05) is 17.6 Å².